The van der Waals surface area contributed by atoms with Crippen LogP contribution >= 0.6 is 11.8 Å². The van der Waals surface area contributed by atoms with Gasteiger partial charge in [0, 0.05) is 16.6 Å². The van der Waals surface area contributed by atoms with Crippen molar-refractivity contribution in [1.29, 1.82) is 0 Å². The lowest BCUT2D eigenvalue weighted by atomic mass is 10.00. The molecule has 0 saturated heterocycles. The summed E-state index contributed by atoms with van der Waals surface area (Å²) in [5.41, 5.74) is 2.61. The maximum absolute atomic E-state index is 2.32. The Morgan fingerprint density at radius 3 is 1.91 bits per heavy atom. The topological polar surface area (TPSA) is 0 Å². The molecular formula is C22H20S. The molecule has 0 nitrogen and oxygen atoms in total. The molecule has 0 aromatic heterocycles. The minimum absolute atomic E-state index is 0.404. The number of hydrogen-bond acceptors (Lipinski definition) is 1. The summed E-state index contributed by atoms with van der Waals surface area (Å²) in [4.78, 5) is 1.32. The van der Waals surface area contributed by atoms with Crippen LogP contribution < -0.4 is 0 Å². The van der Waals surface area contributed by atoms with Gasteiger partial charge in [0.25, 0.3) is 0 Å². The first-order valence-electron chi connectivity index (χ1n) is 7.88. The van der Waals surface area contributed by atoms with Gasteiger partial charge in [0.1, 0.15) is 0 Å². The second-order valence-corrected chi connectivity index (χ2v) is 6.50. The van der Waals surface area contributed by atoms with Crippen molar-refractivity contribution in [3.8, 4) is 0 Å². The van der Waals surface area contributed by atoms with Crippen LogP contribution in [0.25, 0.3) is 6.08 Å². The fourth-order valence-electron chi connectivity index (χ4n) is 2.46. The second kappa shape index (κ2) is 8.40. The van der Waals surface area contributed by atoms with Gasteiger partial charge in [-0.15, -0.1) is 11.8 Å². The van der Waals surface area contributed by atoms with E-state index >= 15 is 0 Å². The molecule has 0 saturated carbocycles. The Hall–Kier alpha value is -2.25. The van der Waals surface area contributed by atoms with Crippen LogP contribution in [0.4, 0.5) is 0 Å². The molecule has 0 radical (unpaired) electrons. The Morgan fingerprint density at radius 1 is 0.696 bits per heavy atom. The Morgan fingerprint density at radius 2 is 1.26 bits per heavy atom. The van der Waals surface area contributed by atoms with Gasteiger partial charge in [-0.05, 0) is 23.3 Å². The summed E-state index contributed by atoms with van der Waals surface area (Å²) in [5, 5.41) is 0. The van der Waals surface area contributed by atoms with E-state index in [1.54, 1.807) is 0 Å². The third kappa shape index (κ3) is 4.87. The van der Waals surface area contributed by atoms with Gasteiger partial charge < -0.3 is 0 Å². The van der Waals surface area contributed by atoms with E-state index in [0.717, 1.165) is 5.75 Å². The van der Waals surface area contributed by atoms with E-state index in [1.165, 1.54) is 16.0 Å². The third-order valence-electron chi connectivity index (χ3n) is 3.72. The summed E-state index contributed by atoms with van der Waals surface area (Å²) in [7, 11) is 0. The van der Waals surface area contributed by atoms with Crippen molar-refractivity contribution >= 4 is 17.8 Å². The van der Waals surface area contributed by atoms with E-state index < -0.39 is 0 Å². The molecule has 1 heteroatoms. The van der Waals surface area contributed by atoms with Gasteiger partial charge in [-0.2, -0.15) is 0 Å². The van der Waals surface area contributed by atoms with Crippen molar-refractivity contribution in [2.75, 3.05) is 5.75 Å². The number of hydrogen-bond donors (Lipinski definition) is 0. The molecule has 0 fully saturated rings. The SMILES string of the molecule is C(=C\C(CSc1ccccc1)c1ccccc1)/c1ccccc1. The highest BCUT2D eigenvalue weighted by atomic mass is 32.2. The Balaban J connectivity index is 1.75. The summed E-state index contributed by atoms with van der Waals surface area (Å²) in [6.45, 7) is 0. The van der Waals surface area contributed by atoms with E-state index in [4.69, 9.17) is 0 Å². The summed E-state index contributed by atoms with van der Waals surface area (Å²) in [5.74, 6) is 1.44. The summed E-state index contributed by atoms with van der Waals surface area (Å²) < 4.78 is 0. The third-order valence-corrected chi connectivity index (χ3v) is 4.85. The molecule has 0 heterocycles. The van der Waals surface area contributed by atoms with Crippen molar-refractivity contribution < 1.29 is 0 Å². The maximum Gasteiger partial charge on any atom is 0.0115 e. The summed E-state index contributed by atoms with van der Waals surface area (Å²) in [6, 6.07) is 31.8. The highest BCUT2D eigenvalue weighted by Gasteiger charge is 2.08. The molecule has 23 heavy (non-hydrogen) atoms. The largest absolute Gasteiger partial charge is 0.125 e. The van der Waals surface area contributed by atoms with E-state index in [1.807, 2.05) is 11.8 Å². The standard InChI is InChI=1S/C22H20S/c1-4-10-19(11-5-1)16-17-21(20-12-6-2-7-13-20)18-23-22-14-8-3-9-15-22/h1-17,21H,18H2/b17-16+. The average molecular weight is 316 g/mol. The fraction of sp³-hybridized carbons (Fsp3) is 0.0909. The first kappa shape index (κ1) is 15.6. The molecular weight excluding hydrogens is 296 g/mol. The van der Waals surface area contributed by atoms with Crippen LogP contribution in [-0.4, -0.2) is 5.75 Å². The Bertz CT molecular complexity index is 718. The Kier molecular flexibility index (Phi) is 5.71. The fourth-order valence-corrected chi connectivity index (χ4v) is 3.48. The number of thioether (sulfide) groups is 1. The van der Waals surface area contributed by atoms with Crippen LogP contribution in [-0.2, 0) is 0 Å². The van der Waals surface area contributed by atoms with Crippen molar-refractivity contribution in [1.82, 2.24) is 0 Å². The van der Waals surface area contributed by atoms with Crippen LogP contribution in [0.5, 0.6) is 0 Å². The molecule has 1 atom stereocenters. The minimum atomic E-state index is 0.404. The molecule has 0 amide bonds. The minimum Gasteiger partial charge on any atom is -0.125 e. The molecule has 0 spiro atoms. The van der Waals surface area contributed by atoms with Crippen molar-refractivity contribution in [3.63, 3.8) is 0 Å². The zero-order valence-corrected chi connectivity index (χ0v) is 13.8. The number of benzene rings is 3. The van der Waals surface area contributed by atoms with Crippen LogP contribution in [0.1, 0.15) is 17.0 Å². The quantitative estimate of drug-likeness (QED) is 0.482. The maximum atomic E-state index is 2.32. The van der Waals surface area contributed by atoms with Crippen LogP contribution in [0.3, 0.4) is 0 Å². The Labute approximate surface area is 142 Å². The monoisotopic (exact) mass is 316 g/mol. The van der Waals surface area contributed by atoms with Gasteiger partial charge in [0.15, 0.2) is 0 Å². The first-order valence-corrected chi connectivity index (χ1v) is 8.86. The highest BCUT2D eigenvalue weighted by Crippen LogP contribution is 2.27. The van der Waals surface area contributed by atoms with Crippen LogP contribution in [0.15, 0.2) is 102 Å². The van der Waals surface area contributed by atoms with Crippen LogP contribution in [0.2, 0.25) is 0 Å². The predicted molar refractivity (Wildman–Crippen MR) is 102 cm³/mol. The average Bonchev–Trinajstić information content (AvgIpc) is 2.64. The van der Waals surface area contributed by atoms with E-state index in [2.05, 4.69) is 103 Å². The molecule has 0 aliphatic carbocycles. The molecule has 3 aromatic carbocycles. The smallest absolute Gasteiger partial charge is 0.0115 e. The van der Waals surface area contributed by atoms with Crippen molar-refractivity contribution in [2.24, 2.45) is 0 Å². The van der Waals surface area contributed by atoms with E-state index in [9.17, 15) is 0 Å². The van der Waals surface area contributed by atoms with Crippen molar-refractivity contribution in [3.05, 3.63) is 108 Å². The van der Waals surface area contributed by atoms with Gasteiger partial charge in [-0.1, -0.05) is 91.0 Å². The lowest BCUT2D eigenvalue weighted by Crippen LogP contribution is -1.98. The molecule has 0 bridgehead atoms. The van der Waals surface area contributed by atoms with Gasteiger partial charge >= 0.3 is 0 Å². The highest BCUT2D eigenvalue weighted by molar-refractivity contribution is 7.99. The van der Waals surface area contributed by atoms with Crippen LogP contribution in [0, 0.1) is 0 Å². The lowest BCUT2D eigenvalue weighted by molar-refractivity contribution is 0.988. The molecule has 0 N–H and O–H groups in total. The lowest BCUT2D eigenvalue weighted by Gasteiger charge is -2.13. The summed E-state index contributed by atoms with van der Waals surface area (Å²) in [6.07, 6.45) is 4.55. The number of rotatable bonds is 6. The molecule has 3 rings (SSSR count). The van der Waals surface area contributed by atoms with Gasteiger partial charge in [-0.3, -0.25) is 0 Å². The molecule has 3 aromatic rings. The van der Waals surface area contributed by atoms with Crippen molar-refractivity contribution in [2.45, 2.75) is 10.8 Å². The van der Waals surface area contributed by atoms with Gasteiger partial charge in [-0.25, -0.2) is 0 Å². The second-order valence-electron chi connectivity index (χ2n) is 5.41. The van der Waals surface area contributed by atoms with E-state index in [0.29, 0.717) is 5.92 Å². The zero-order valence-electron chi connectivity index (χ0n) is 13.0. The summed E-state index contributed by atoms with van der Waals surface area (Å²) >= 11 is 1.91. The molecule has 0 aliphatic heterocycles. The molecule has 114 valence electrons. The molecule has 0 aliphatic rings. The number of allylic oxidation sites excluding steroid dienone is 1. The predicted octanol–water partition coefficient (Wildman–Crippen LogP) is 6.28. The normalized spacial score (nSPS) is 12.3. The zero-order chi connectivity index (χ0) is 15.7. The van der Waals surface area contributed by atoms with E-state index in [-0.39, 0.29) is 0 Å². The molecule has 1 unspecified atom stereocenters. The van der Waals surface area contributed by atoms with Gasteiger partial charge in [0.05, 0.1) is 0 Å². The first-order chi connectivity index (χ1) is 11.4. The van der Waals surface area contributed by atoms with Gasteiger partial charge in [0.2, 0.25) is 0 Å².